The molecule has 0 radical (unpaired) electrons. The molecule has 3 heteroatoms. The van der Waals surface area contributed by atoms with E-state index in [1.165, 1.54) is 11.6 Å². The molecule has 0 saturated heterocycles. The maximum Gasteiger partial charge on any atom is 0.125 e. The minimum Gasteiger partial charge on any atom is -0.370 e. The number of anilines is 1. The molecular weight excluding hydrogens is 251 g/mol. The number of likely N-dealkylation sites (N-methyl/N-ethyl adjacent to an activating group) is 1. The summed E-state index contributed by atoms with van der Waals surface area (Å²) in [5.41, 5.74) is 9.45. The number of nitrogens with two attached hydrogens (primary N) is 1. The summed E-state index contributed by atoms with van der Waals surface area (Å²) in [7, 11) is 0. The summed E-state index contributed by atoms with van der Waals surface area (Å²) in [5.74, 6) is -0.218. The Morgan fingerprint density at radius 3 is 2.45 bits per heavy atom. The molecule has 1 unspecified atom stereocenters. The van der Waals surface area contributed by atoms with Crippen LogP contribution in [0.3, 0.4) is 0 Å². The Balaban J connectivity index is 2.11. The number of nitrogens with zero attached hydrogens (tertiary/aromatic N) is 1. The topological polar surface area (TPSA) is 29.3 Å². The lowest BCUT2D eigenvalue weighted by Gasteiger charge is -2.26. The summed E-state index contributed by atoms with van der Waals surface area (Å²) in [4.78, 5) is 2.09. The quantitative estimate of drug-likeness (QED) is 0.900. The van der Waals surface area contributed by atoms with Gasteiger partial charge >= 0.3 is 0 Å². The maximum absolute atomic E-state index is 13.3. The predicted molar refractivity (Wildman–Crippen MR) is 82.4 cm³/mol. The number of benzene rings is 2. The number of hydrogen-bond donors (Lipinski definition) is 1. The van der Waals surface area contributed by atoms with Gasteiger partial charge in [-0.25, -0.2) is 4.39 Å². The van der Waals surface area contributed by atoms with Gasteiger partial charge < -0.3 is 10.6 Å². The standard InChI is InChI=1S/C17H21FN2/c1-3-20(16-6-4-5-15(18)11-16)12-17(19)14-9-7-13(2)8-10-14/h4-11,17H,3,12,19H2,1-2H3. The van der Waals surface area contributed by atoms with Gasteiger partial charge in [0.1, 0.15) is 5.82 Å². The van der Waals surface area contributed by atoms with Gasteiger partial charge in [-0.15, -0.1) is 0 Å². The van der Waals surface area contributed by atoms with E-state index in [9.17, 15) is 4.39 Å². The van der Waals surface area contributed by atoms with Crippen LogP contribution in [0.2, 0.25) is 0 Å². The maximum atomic E-state index is 13.3. The molecule has 2 nitrogen and oxygen atoms in total. The van der Waals surface area contributed by atoms with Gasteiger partial charge in [-0.1, -0.05) is 35.9 Å². The first-order valence-electron chi connectivity index (χ1n) is 6.93. The number of halogens is 1. The number of rotatable bonds is 5. The third kappa shape index (κ3) is 3.58. The molecule has 0 fully saturated rings. The van der Waals surface area contributed by atoms with Gasteiger partial charge in [0, 0.05) is 24.8 Å². The lowest BCUT2D eigenvalue weighted by molar-refractivity contribution is 0.623. The molecule has 106 valence electrons. The molecule has 0 aliphatic carbocycles. The Kier molecular flexibility index (Phi) is 4.74. The second-order valence-electron chi connectivity index (χ2n) is 5.04. The zero-order chi connectivity index (χ0) is 14.5. The Morgan fingerprint density at radius 2 is 1.85 bits per heavy atom. The monoisotopic (exact) mass is 272 g/mol. The zero-order valence-electron chi connectivity index (χ0n) is 12.0. The summed E-state index contributed by atoms with van der Waals surface area (Å²) >= 11 is 0. The van der Waals surface area contributed by atoms with Crippen molar-refractivity contribution in [3.05, 3.63) is 65.5 Å². The van der Waals surface area contributed by atoms with Gasteiger partial charge in [0.15, 0.2) is 0 Å². The first-order valence-corrected chi connectivity index (χ1v) is 6.93. The van der Waals surface area contributed by atoms with Crippen molar-refractivity contribution in [2.24, 2.45) is 5.73 Å². The van der Waals surface area contributed by atoms with Crippen LogP contribution in [0.5, 0.6) is 0 Å². The fraction of sp³-hybridized carbons (Fsp3) is 0.294. The Morgan fingerprint density at radius 1 is 1.15 bits per heavy atom. The molecule has 0 amide bonds. The van der Waals surface area contributed by atoms with Crippen molar-refractivity contribution in [2.45, 2.75) is 19.9 Å². The van der Waals surface area contributed by atoms with Crippen molar-refractivity contribution >= 4 is 5.69 Å². The highest BCUT2D eigenvalue weighted by Crippen LogP contribution is 2.19. The van der Waals surface area contributed by atoms with Gasteiger partial charge in [-0.2, -0.15) is 0 Å². The van der Waals surface area contributed by atoms with Crippen LogP contribution in [-0.2, 0) is 0 Å². The van der Waals surface area contributed by atoms with E-state index >= 15 is 0 Å². The molecule has 0 aliphatic heterocycles. The summed E-state index contributed by atoms with van der Waals surface area (Å²) in [6.07, 6.45) is 0. The molecular formula is C17H21FN2. The fourth-order valence-electron chi connectivity index (χ4n) is 2.25. The molecule has 0 aromatic heterocycles. The van der Waals surface area contributed by atoms with Crippen molar-refractivity contribution in [2.75, 3.05) is 18.0 Å². The fourth-order valence-corrected chi connectivity index (χ4v) is 2.25. The molecule has 2 aromatic rings. The van der Waals surface area contributed by atoms with Crippen molar-refractivity contribution in [3.8, 4) is 0 Å². The second kappa shape index (κ2) is 6.53. The van der Waals surface area contributed by atoms with Crippen LogP contribution in [0.4, 0.5) is 10.1 Å². The summed E-state index contributed by atoms with van der Waals surface area (Å²) < 4.78 is 13.3. The van der Waals surface area contributed by atoms with Crippen molar-refractivity contribution in [1.82, 2.24) is 0 Å². The highest BCUT2D eigenvalue weighted by atomic mass is 19.1. The number of hydrogen-bond acceptors (Lipinski definition) is 2. The van der Waals surface area contributed by atoms with Crippen LogP contribution in [-0.4, -0.2) is 13.1 Å². The molecule has 0 saturated carbocycles. The van der Waals surface area contributed by atoms with E-state index in [-0.39, 0.29) is 11.9 Å². The molecule has 0 bridgehead atoms. The normalized spacial score (nSPS) is 12.2. The Labute approximate surface area is 120 Å². The number of aryl methyl sites for hydroxylation is 1. The van der Waals surface area contributed by atoms with E-state index in [1.54, 1.807) is 12.1 Å². The molecule has 0 spiro atoms. The summed E-state index contributed by atoms with van der Waals surface area (Å²) in [6.45, 7) is 5.57. The second-order valence-corrected chi connectivity index (χ2v) is 5.04. The van der Waals surface area contributed by atoms with Gasteiger partial charge in [-0.3, -0.25) is 0 Å². The molecule has 20 heavy (non-hydrogen) atoms. The molecule has 2 aromatic carbocycles. The van der Waals surface area contributed by atoms with Crippen LogP contribution >= 0.6 is 0 Å². The Bertz CT molecular complexity index is 551. The Hall–Kier alpha value is -1.87. The van der Waals surface area contributed by atoms with Gasteiger partial charge in [0.25, 0.3) is 0 Å². The van der Waals surface area contributed by atoms with E-state index in [1.807, 2.05) is 13.0 Å². The third-order valence-corrected chi connectivity index (χ3v) is 3.48. The molecule has 0 heterocycles. The highest BCUT2D eigenvalue weighted by Gasteiger charge is 2.12. The lowest BCUT2D eigenvalue weighted by atomic mass is 10.1. The average molecular weight is 272 g/mol. The molecule has 1 atom stereocenters. The highest BCUT2D eigenvalue weighted by molar-refractivity contribution is 5.46. The average Bonchev–Trinajstić information content (AvgIpc) is 2.45. The van der Waals surface area contributed by atoms with Crippen molar-refractivity contribution < 1.29 is 4.39 Å². The zero-order valence-corrected chi connectivity index (χ0v) is 12.0. The van der Waals surface area contributed by atoms with E-state index in [2.05, 4.69) is 36.1 Å². The molecule has 2 N–H and O–H groups in total. The van der Waals surface area contributed by atoms with E-state index in [4.69, 9.17) is 5.73 Å². The van der Waals surface area contributed by atoms with Gasteiger partial charge in [-0.05, 0) is 37.6 Å². The van der Waals surface area contributed by atoms with Crippen LogP contribution in [0.15, 0.2) is 48.5 Å². The van der Waals surface area contributed by atoms with Crippen LogP contribution in [0, 0.1) is 12.7 Å². The first kappa shape index (κ1) is 14.5. The van der Waals surface area contributed by atoms with E-state index in [0.29, 0.717) is 6.54 Å². The first-order chi connectivity index (χ1) is 9.60. The summed E-state index contributed by atoms with van der Waals surface area (Å²) in [6, 6.07) is 14.8. The van der Waals surface area contributed by atoms with Gasteiger partial charge in [0.2, 0.25) is 0 Å². The summed E-state index contributed by atoms with van der Waals surface area (Å²) in [5, 5.41) is 0. The SMILES string of the molecule is CCN(CC(N)c1ccc(C)cc1)c1cccc(F)c1. The lowest BCUT2D eigenvalue weighted by Crippen LogP contribution is -2.32. The smallest absolute Gasteiger partial charge is 0.125 e. The van der Waals surface area contributed by atoms with Gasteiger partial charge in [0.05, 0.1) is 0 Å². The van der Waals surface area contributed by atoms with Crippen LogP contribution in [0.1, 0.15) is 24.1 Å². The third-order valence-electron chi connectivity index (χ3n) is 3.48. The minimum atomic E-state index is -0.218. The van der Waals surface area contributed by atoms with Crippen molar-refractivity contribution in [3.63, 3.8) is 0 Å². The van der Waals surface area contributed by atoms with E-state index in [0.717, 1.165) is 17.8 Å². The predicted octanol–water partition coefficient (Wildman–Crippen LogP) is 3.66. The van der Waals surface area contributed by atoms with Crippen molar-refractivity contribution in [1.29, 1.82) is 0 Å². The van der Waals surface area contributed by atoms with Crippen LogP contribution in [0.25, 0.3) is 0 Å². The van der Waals surface area contributed by atoms with E-state index < -0.39 is 0 Å². The molecule has 2 rings (SSSR count). The minimum absolute atomic E-state index is 0.0844. The van der Waals surface area contributed by atoms with Crippen LogP contribution < -0.4 is 10.6 Å². The largest absolute Gasteiger partial charge is 0.370 e. The molecule has 0 aliphatic rings.